The summed E-state index contributed by atoms with van der Waals surface area (Å²) in [7, 11) is 0. The highest BCUT2D eigenvalue weighted by Gasteiger charge is 2.11. The fraction of sp³-hybridized carbons (Fsp3) is 0.214. The van der Waals surface area contributed by atoms with Crippen molar-refractivity contribution < 1.29 is 0 Å². The quantitative estimate of drug-likeness (QED) is 0.635. The summed E-state index contributed by atoms with van der Waals surface area (Å²) in [5.41, 5.74) is 10.2. The number of anilines is 3. The van der Waals surface area contributed by atoms with E-state index < -0.39 is 0 Å². The molecule has 102 valence electrons. The molecule has 1 aromatic carbocycles. The van der Waals surface area contributed by atoms with Gasteiger partial charge in [-0.2, -0.15) is 4.98 Å². The van der Waals surface area contributed by atoms with E-state index in [0.29, 0.717) is 23.2 Å². The second-order valence-corrected chi connectivity index (χ2v) is 4.92. The highest BCUT2D eigenvalue weighted by atomic mass is 15.1. The molecule has 0 saturated carbocycles. The van der Waals surface area contributed by atoms with Crippen LogP contribution >= 0.6 is 0 Å². The van der Waals surface area contributed by atoms with Crippen LogP contribution < -0.4 is 11.1 Å². The van der Waals surface area contributed by atoms with Crippen LogP contribution in [0.1, 0.15) is 25.3 Å². The van der Waals surface area contributed by atoms with Crippen molar-refractivity contribution in [3.05, 3.63) is 36.3 Å². The number of nitrogens with zero attached hydrogens (tertiary/aromatic N) is 3. The number of rotatable bonds is 3. The smallest absolute Gasteiger partial charge is 0.229 e. The van der Waals surface area contributed by atoms with Gasteiger partial charge in [0.1, 0.15) is 5.52 Å². The van der Waals surface area contributed by atoms with Gasteiger partial charge in [0.25, 0.3) is 0 Å². The van der Waals surface area contributed by atoms with Gasteiger partial charge in [0, 0.05) is 0 Å². The molecule has 2 aromatic heterocycles. The molecule has 0 radical (unpaired) electrons. The van der Waals surface area contributed by atoms with E-state index in [9.17, 15) is 0 Å². The van der Waals surface area contributed by atoms with Gasteiger partial charge < -0.3 is 16.0 Å². The van der Waals surface area contributed by atoms with E-state index in [4.69, 9.17) is 5.73 Å². The van der Waals surface area contributed by atoms with E-state index in [2.05, 4.69) is 45.2 Å². The zero-order valence-corrected chi connectivity index (χ0v) is 11.4. The fourth-order valence-electron chi connectivity index (χ4n) is 2.12. The SMILES string of the molecule is CC(C)c1cccc(N)c1Nc1ncc2[nH]cnc2n1. The van der Waals surface area contributed by atoms with Crippen LogP contribution in [0.15, 0.2) is 30.7 Å². The minimum Gasteiger partial charge on any atom is -0.397 e. The third kappa shape index (κ3) is 2.16. The average Bonchev–Trinajstić information content (AvgIpc) is 2.88. The molecule has 0 saturated heterocycles. The first-order chi connectivity index (χ1) is 9.65. The van der Waals surface area contributed by atoms with Gasteiger partial charge in [0.2, 0.25) is 5.95 Å². The van der Waals surface area contributed by atoms with E-state index in [1.165, 1.54) is 0 Å². The Labute approximate surface area is 116 Å². The average molecular weight is 268 g/mol. The zero-order chi connectivity index (χ0) is 14.1. The molecule has 0 amide bonds. The normalized spacial score (nSPS) is 11.2. The Morgan fingerprint density at radius 3 is 2.90 bits per heavy atom. The summed E-state index contributed by atoms with van der Waals surface area (Å²) >= 11 is 0. The molecule has 0 atom stereocenters. The van der Waals surface area contributed by atoms with Gasteiger partial charge >= 0.3 is 0 Å². The minimum atomic E-state index is 0.357. The van der Waals surface area contributed by atoms with Gasteiger partial charge in [-0.15, -0.1) is 0 Å². The monoisotopic (exact) mass is 268 g/mol. The molecule has 6 heteroatoms. The van der Waals surface area contributed by atoms with Gasteiger partial charge in [-0.25, -0.2) is 9.97 Å². The lowest BCUT2D eigenvalue weighted by molar-refractivity contribution is 0.869. The molecule has 3 rings (SSSR count). The van der Waals surface area contributed by atoms with Crippen molar-refractivity contribution in [1.82, 2.24) is 19.9 Å². The number of hydrogen-bond acceptors (Lipinski definition) is 5. The van der Waals surface area contributed by atoms with Gasteiger partial charge in [-0.3, -0.25) is 0 Å². The van der Waals surface area contributed by atoms with Crippen LogP contribution in [0.5, 0.6) is 0 Å². The summed E-state index contributed by atoms with van der Waals surface area (Å²) in [6.07, 6.45) is 3.30. The molecular weight excluding hydrogens is 252 g/mol. The molecular formula is C14H16N6. The van der Waals surface area contributed by atoms with Crippen LogP contribution in [0.4, 0.5) is 17.3 Å². The number of nitrogens with one attached hydrogen (secondary N) is 2. The molecule has 0 fully saturated rings. The van der Waals surface area contributed by atoms with E-state index in [1.54, 1.807) is 12.5 Å². The molecule has 0 aliphatic rings. The van der Waals surface area contributed by atoms with Gasteiger partial charge in [-0.1, -0.05) is 26.0 Å². The largest absolute Gasteiger partial charge is 0.397 e. The molecule has 0 bridgehead atoms. The number of aromatic amines is 1. The van der Waals surface area contributed by atoms with Crippen LogP contribution in [0.3, 0.4) is 0 Å². The Bertz CT molecular complexity index is 746. The lowest BCUT2D eigenvalue weighted by atomic mass is 10.0. The number of H-pyrrole nitrogens is 1. The standard InChI is InChI=1S/C14H16N6/c1-8(2)9-4-3-5-10(15)12(9)19-14-16-6-11-13(20-14)18-7-17-11/h3-8H,15H2,1-2H3,(H2,16,17,18,19,20). The molecule has 0 aliphatic heterocycles. The first-order valence-corrected chi connectivity index (χ1v) is 6.46. The van der Waals surface area contributed by atoms with Crippen molar-refractivity contribution in [2.75, 3.05) is 11.1 Å². The number of para-hydroxylation sites is 1. The van der Waals surface area contributed by atoms with E-state index in [0.717, 1.165) is 16.8 Å². The lowest BCUT2D eigenvalue weighted by Crippen LogP contribution is -2.04. The number of fused-ring (bicyclic) bond motifs is 1. The maximum atomic E-state index is 6.06. The molecule has 3 aromatic rings. The highest BCUT2D eigenvalue weighted by molar-refractivity contribution is 5.76. The molecule has 4 N–H and O–H groups in total. The van der Waals surface area contributed by atoms with Crippen LogP contribution in [0.25, 0.3) is 11.2 Å². The van der Waals surface area contributed by atoms with E-state index >= 15 is 0 Å². The number of aromatic nitrogens is 4. The molecule has 20 heavy (non-hydrogen) atoms. The molecule has 2 heterocycles. The Kier molecular flexibility index (Phi) is 2.98. The van der Waals surface area contributed by atoms with Crippen LogP contribution in [0, 0.1) is 0 Å². The summed E-state index contributed by atoms with van der Waals surface area (Å²) in [6, 6.07) is 5.87. The van der Waals surface area contributed by atoms with Gasteiger partial charge in [0.05, 0.1) is 23.9 Å². The molecule has 0 spiro atoms. The summed E-state index contributed by atoms with van der Waals surface area (Å²) < 4.78 is 0. The first-order valence-electron chi connectivity index (χ1n) is 6.46. The van der Waals surface area contributed by atoms with Crippen molar-refractivity contribution in [2.24, 2.45) is 0 Å². The number of nitrogen functional groups attached to an aromatic ring is 1. The molecule has 0 aliphatic carbocycles. The van der Waals surface area contributed by atoms with Crippen LogP contribution in [0.2, 0.25) is 0 Å². The first kappa shape index (κ1) is 12.4. The molecule has 6 nitrogen and oxygen atoms in total. The fourth-order valence-corrected chi connectivity index (χ4v) is 2.12. The maximum Gasteiger partial charge on any atom is 0.229 e. The Morgan fingerprint density at radius 1 is 1.25 bits per heavy atom. The summed E-state index contributed by atoms with van der Waals surface area (Å²) in [6.45, 7) is 4.25. The number of imidazole rings is 1. The third-order valence-corrected chi connectivity index (χ3v) is 3.16. The van der Waals surface area contributed by atoms with Crippen molar-refractivity contribution in [1.29, 1.82) is 0 Å². The predicted molar refractivity (Wildman–Crippen MR) is 79.9 cm³/mol. The Morgan fingerprint density at radius 2 is 2.10 bits per heavy atom. The second-order valence-electron chi connectivity index (χ2n) is 4.92. The number of hydrogen-bond donors (Lipinski definition) is 3. The van der Waals surface area contributed by atoms with Gasteiger partial charge in [0.15, 0.2) is 5.65 Å². The minimum absolute atomic E-state index is 0.357. The van der Waals surface area contributed by atoms with Crippen LogP contribution in [-0.4, -0.2) is 19.9 Å². The zero-order valence-electron chi connectivity index (χ0n) is 11.4. The van der Waals surface area contributed by atoms with Crippen LogP contribution in [-0.2, 0) is 0 Å². The predicted octanol–water partition coefficient (Wildman–Crippen LogP) is 2.80. The van der Waals surface area contributed by atoms with Crippen molar-refractivity contribution >= 4 is 28.5 Å². The Balaban J connectivity index is 2.01. The van der Waals surface area contributed by atoms with Crippen molar-refractivity contribution in [3.63, 3.8) is 0 Å². The van der Waals surface area contributed by atoms with Crippen molar-refractivity contribution in [3.8, 4) is 0 Å². The lowest BCUT2D eigenvalue weighted by Gasteiger charge is -2.15. The Hall–Kier alpha value is -2.63. The molecule has 0 unspecified atom stereocenters. The number of nitrogens with two attached hydrogens (primary N) is 1. The van der Waals surface area contributed by atoms with E-state index in [-0.39, 0.29) is 0 Å². The van der Waals surface area contributed by atoms with E-state index in [1.807, 2.05) is 12.1 Å². The van der Waals surface area contributed by atoms with Gasteiger partial charge in [-0.05, 0) is 17.5 Å². The number of benzene rings is 1. The van der Waals surface area contributed by atoms with Crippen molar-refractivity contribution in [2.45, 2.75) is 19.8 Å². The summed E-state index contributed by atoms with van der Waals surface area (Å²) in [5.74, 6) is 0.847. The summed E-state index contributed by atoms with van der Waals surface area (Å²) in [5, 5.41) is 3.20. The maximum absolute atomic E-state index is 6.06. The second kappa shape index (κ2) is 4.80. The third-order valence-electron chi connectivity index (χ3n) is 3.16. The highest BCUT2D eigenvalue weighted by Crippen LogP contribution is 2.31. The topological polar surface area (TPSA) is 92.5 Å². The summed E-state index contributed by atoms with van der Waals surface area (Å²) in [4.78, 5) is 15.7.